The first-order chi connectivity index (χ1) is 22.0. The van der Waals surface area contributed by atoms with Gasteiger partial charge in [0.25, 0.3) is 5.91 Å². The van der Waals surface area contributed by atoms with E-state index >= 15 is 0 Å². The minimum atomic E-state index is -0.131. The first-order valence-corrected chi connectivity index (χ1v) is 15.5. The molecular weight excluding hydrogens is 570 g/mol. The summed E-state index contributed by atoms with van der Waals surface area (Å²) in [6, 6.07) is 12.5. The van der Waals surface area contributed by atoms with Crippen molar-refractivity contribution >= 4 is 52.2 Å². The number of nitrogens with zero attached hydrogens (tertiary/aromatic N) is 8. The van der Waals surface area contributed by atoms with Gasteiger partial charge < -0.3 is 19.5 Å². The molecule has 3 aliphatic rings. The summed E-state index contributed by atoms with van der Waals surface area (Å²) in [5.74, 6) is 2.10. The van der Waals surface area contributed by atoms with E-state index in [1.807, 2.05) is 30.3 Å². The molecule has 7 rings (SSSR count). The van der Waals surface area contributed by atoms with Gasteiger partial charge in [-0.15, -0.1) is 0 Å². The normalized spacial score (nSPS) is 19.1. The van der Waals surface area contributed by atoms with Crippen molar-refractivity contribution < 1.29 is 14.3 Å². The zero-order valence-electron chi connectivity index (χ0n) is 25.6. The van der Waals surface area contributed by atoms with Crippen LogP contribution in [0.15, 0.2) is 60.9 Å². The maximum absolute atomic E-state index is 12.8. The van der Waals surface area contributed by atoms with Crippen LogP contribution < -0.4 is 20.0 Å². The summed E-state index contributed by atoms with van der Waals surface area (Å²) < 4.78 is 8.09. The number of carbonyl (C=O) groups is 2. The summed E-state index contributed by atoms with van der Waals surface area (Å²) in [5.41, 5.74) is 2.35. The van der Waals surface area contributed by atoms with E-state index in [1.165, 1.54) is 11.7 Å². The van der Waals surface area contributed by atoms with Crippen LogP contribution in [0.1, 0.15) is 42.1 Å². The smallest absolute Gasteiger partial charge is 0.266 e. The molecule has 3 aliphatic heterocycles. The summed E-state index contributed by atoms with van der Waals surface area (Å²) >= 11 is 0. The van der Waals surface area contributed by atoms with Crippen molar-refractivity contribution in [3.63, 3.8) is 0 Å². The van der Waals surface area contributed by atoms with Crippen LogP contribution in [0, 0.1) is 0 Å². The fourth-order valence-corrected chi connectivity index (χ4v) is 6.31. The highest BCUT2D eigenvalue weighted by Crippen LogP contribution is 2.36. The molecule has 3 aromatic heterocycles. The van der Waals surface area contributed by atoms with E-state index < -0.39 is 0 Å². The second-order valence-electron chi connectivity index (χ2n) is 11.8. The summed E-state index contributed by atoms with van der Waals surface area (Å²) in [7, 11) is 4.09. The lowest BCUT2D eigenvalue weighted by Gasteiger charge is -2.34. The topological polar surface area (TPSA) is 112 Å². The third kappa shape index (κ3) is 5.74. The van der Waals surface area contributed by atoms with Gasteiger partial charge in [0.2, 0.25) is 5.95 Å². The van der Waals surface area contributed by atoms with Crippen molar-refractivity contribution in [2.45, 2.75) is 31.7 Å². The summed E-state index contributed by atoms with van der Waals surface area (Å²) in [4.78, 5) is 43.3. The zero-order chi connectivity index (χ0) is 30.9. The number of nitrogens with one attached hydrogen (secondary N) is 1. The number of hydrogen-bond acceptors (Lipinski definition) is 10. The van der Waals surface area contributed by atoms with Gasteiger partial charge in [0.1, 0.15) is 0 Å². The van der Waals surface area contributed by atoms with Crippen molar-refractivity contribution in [2.75, 3.05) is 62.1 Å². The number of likely N-dealkylation sites (N-methyl/N-ethyl adjacent to an activating group) is 1. The van der Waals surface area contributed by atoms with E-state index in [9.17, 15) is 9.59 Å². The van der Waals surface area contributed by atoms with Gasteiger partial charge in [-0.3, -0.25) is 14.5 Å². The molecule has 4 aromatic rings. The van der Waals surface area contributed by atoms with Crippen molar-refractivity contribution in [3.8, 4) is 5.75 Å². The first-order valence-electron chi connectivity index (χ1n) is 15.5. The number of aromatic nitrogens is 4. The van der Waals surface area contributed by atoms with E-state index in [4.69, 9.17) is 14.7 Å². The van der Waals surface area contributed by atoms with E-state index in [0.29, 0.717) is 53.8 Å². The number of benzene rings is 1. The van der Waals surface area contributed by atoms with Gasteiger partial charge in [0.05, 0.1) is 5.56 Å². The molecule has 0 radical (unpaired) electrons. The van der Waals surface area contributed by atoms with Crippen LogP contribution in [-0.2, 0) is 4.79 Å². The largest absolute Gasteiger partial charge is 0.480 e. The Morgan fingerprint density at radius 3 is 2.71 bits per heavy atom. The van der Waals surface area contributed by atoms with Gasteiger partial charge in [-0.2, -0.15) is 4.98 Å². The van der Waals surface area contributed by atoms with Crippen LogP contribution in [0.25, 0.3) is 10.9 Å². The van der Waals surface area contributed by atoms with Gasteiger partial charge in [0, 0.05) is 55.2 Å². The highest BCUT2D eigenvalue weighted by molar-refractivity contribution is 5.97. The Morgan fingerprint density at radius 2 is 1.87 bits per heavy atom. The quantitative estimate of drug-likeness (QED) is 0.253. The maximum Gasteiger partial charge on any atom is 0.266 e. The Morgan fingerprint density at radius 1 is 1.00 bits per heavy atom. The number of piperidine rings is 1. The van der Waals surface area contributed by atoms with Gasteiger partial charge in [-0.25, -0.2) is 20.0 Å². The Balaban J connectivity index is 1.23. The van der Waals surface area contributed by atoms with Crippen molar-refractivity contribution in [1.29, 1.82) is 0 Å². The predicted octanol–water partition coefficient (Wildman–Crippen LogP) is 4.71. The lowest BCUT2D eigenvalue weighted by Crippen LogP contribution is -2.42. The highest BCUT2D eigenvalue weighted by Gasteiger charge is 2.30. The third-order valence-corrected chi connectivity index (χ3v) is 8.76. The minimum Gasteiger partial charge on any atom is -0.480 e. The number of anilines is 5. The van der Waals surface area contributed by atoms with Crippen LogP contribution in [0.3, 0.4) is 0 Å². The lowest BCUT2D eigenvalue weighted by atomic mass is 10.1. The van der Waals surface area contributed by atoms with Crippen LogP contribution in [-0.4, -0.2) is 88.5 Å². The van der Waals surface area contributed by atoms with E-state index in [-0.39, 0.29) is 12.5 Å². The second kappa shape index (κ2) is 12.3. The van der Waals surface area contributed by atoms with Crippen LogP contribution >= 0.6 is 0 Å². The SMILES string of the molecule is CN1CCC(n2ccc3cc(Nc4ncc(C=O)c(N5c6ccc7c(n6)N(CCC/C=C\CN5C)C(=O)CO7)n4)ccc32)CC1. The molecule has 6 heterocycles. The number of amides is 1. The molecule has 1 aromatic carbocycles. The number of allylic oxidation sites excluding steroid dienone is 1. The zero-order valence-corrected chi connectivity index (χ0v) is 25.6. The van der Waals surface area contributed by atoms with Gasteiger partial charge >= 0.3 is 0 Å². The molecule has 2 bridgehead atoms. The monoisotopic (exact) mass is 607 g/mol. The maximum atomic E-state index is 12.8. The Kier molecular flexibility index (Phi) is 7.90. The minimum absolute atomic E-state index is 0.0155. The molecule has 12 nitrogen and oxygen atoms in total. The second-order valence-corrected chi connectivity index (χ2v) is 11.8. The molecule has 45 heavy (non-hydrogen) atoms. The number of ether oxygens (including phenoxy) is 1. The molecule has 0 saturated carbocycles. The summed E-state index contributed by atoms with van der Waals surface area (Å²) in [6.45, 7) is 3.28. The molecule has 0 spiro atoms. The predicted molar refractivity (Wildman–Crippen MR) is 174 cm³/mol. The number of pyridine rings is 1. The van der Waals surface area contributed by atoms with E-state index in [1.54, 1.807) is 9.91 Å². The Labute approximate surface area is 261 Å². The summed E-state index contributed by atoms with van der Waals surface area (Å²) in [5, 5.41) is 8.20. The first kappa shape index (κ1) is 28.9. The molecule has 0 aliphatic carbocycles. The fourth-order valence-electron chi connectivity index (χ4n) is 6.31. The van der Waals surface area contributed by atoms with Crippen LogP contribution in [0.2, 0.25) is 0 Å². The van der Waals surface area contributed by atoms with Gasteiger partial charge in [-0.05, 0) is 82.2 Å². The molecule has 232 valence electrons. The van der Waals surface area contributed by atoms with Gasteiger partial charge in [-0.1, -0.05) is 12.2 Å². The van der Waals surface area contributed by atoms with E-state index in [0.717, 1.165) is 56.1 Å². The third-order valence-electron chi connectivity index (χ3n) is 8.76. The number of fused-ring (bicyclic) bond motifs is 2. The molecule has 0 atom stereocenters. The molecule has 1 N–H and O–H groups in total. The molecule has 12 heteroatoms. The van der Waals surface area contributed by atoms with Crippen molar-refractivity contribution in [3.05, 3.63) is 66.5 Å². The van der Waals surface area contributed by atoms with Gasteiger partial charge in [0.15, 0.2) is 36.1 Å². The molecule has 0 unspecified atom stereocenters. The fraction of sp³-hybridized carbons (Fsp3) is 0.364. The van der Waals surface area contributed by atoms with Crippen LogP contribution in [0.5, 0.6) is 5.75 Å². The number of carbonyl (C=O) groups excluding carboxylic acids is 2. The summed E-state index contributed by atoms with van der Waals surface area (Å²) in [6.07, 6.45) is 12.5. The standard InChI is InChI=1S/C33H37N9O3/c1-38-16-12-26(13-17-38)40-18-11-23-19-25(7-8-27(23)40)35-33-34-20-24(21-43)31(37-33)42-29-10-9-28-32(36-29)41(30(44)22-45-28)15-6-4-3-5-14-39(42)2/h3,5,7-11,18-21,26H,4,6,12-17,22H2,1-2H3,(H,34,35,37)/b5-3-. The molecule has 1 fully saturated rings. The molecule has 1 amide bonds. The van der Waals surface area contributed by atoms with E-state index in [2.05, 4.69) is 63.4 Å². The highest BCUT2D eigenvalue weighted by atomic mass is 16.5. The van der Waals surface area contributed by atoms with Crippen molar-refractivity contribution in [2.24, 2.45) is 0 Å². The number of likely N-dealkylation sites (tertiary alicyclic amines) is 1. The number of rotatable bonds is 5. The van der Waals surface area contributed by atoms with Crippen molar-refractivity contribution in [1.82, 2.24) is 29.4 Å². The average molecular weight is 608 g/mol. The molecule has 1 saturated heterocycles. The Bertz CT molecular complexity index is 1760. The number of hydrogen-bond donors (Lipinski definition) is 1. The Hall–Kier alpha value is -4.81. The number of hydrazine groups is 1. The number of aldehydes is 1. The average Bonchev–Trinajstić information content (AvgIpc) is 3.47. The lowest BCUT2D eigenvalue weighted by molar-refractivity contribution is -0.121. The molecular formula is C33H37N9O3. The van der Waals surface area contributed by atoms with Crippen LogP contribution in [0.4, 0.5) is 29.1 Å².